The van der Waals surface area contributed by atoms with Crippen molar-refractivity contribution in [2.75, 3.05) is 18.8 Å². The molecule has 0 aromatic carbocycles. The molecule has 1 unspecified atom stereocenters. The van der Waals surface area contributed by atoms with E-state index >= 15 is 0 Å². The monoisotopic (exact) mass is 263 g/mol. The van der Waals surface area contributed by atoms with Gasteiger partial charge >= 0.3 is 0 Å². The van der Waals surface area contributed by atoms with E-state index in [1.807, 2.05) is 13.8 Å². The Hall–Kier alpha value is -0.660. The fraction of sp³-hybridized carbons (Fsp3) is 0.900. The van der Waals surface area contributed by atoms with Crippen LogP contribution >= 0.6 is 0 Å². The van der Waals surface area contributed by atoms with E-state index in [2.05, 4.69) is 5.32 Å². The van der Waals surface area contributed by atoms with E-state index in [9.17, 15) is 13.2 Å². The maximum atomic E-state index is 12.0. The van der Waals surface area contributed by atoms with Crippen molar-refractivity contribution >= 4 is 15.9 Å². The maximum Gasteiger partial charge on any atom is 0.239 e. The standard InChI is InChI=1S/C10H21N3O3S/c1-8(2)13(6-3-7-17(11,15)16)10(14)9-4-5-12-9/h8-9,12H,3-7H2,1-2H3,(H2,11,15,16). The molecule has 0 saturated carbocycles. The van der Waals surface area contributed by atoms with Crippen LogP contribution in [0.1, 0.15) is 26.7 Å². The lowest BCUT2D eigenvalue weighted by Gasteiger charge is -2.35. The van der Waals surface area contributed by atoms with Gasteiger partial charge in [0.25, 0.3) is 0 Å². The number of carbonyl (C=O) groups excluding carboxylic acids is 1. The second-order valence-corrected chi connectivity index (χ2v) is 6.38. The van der Waals surface area contributed by atoms with Crippen molar-refractivity contribution < 1.29 is 13.2 Å². The van der Waals surface area contributed by atoms with E-state index in [4.69, 9.17) is 5.14 Å². The van der Waals surface area contributed by atoms with E-state index in [0.717, 1.165) is 13.0 Å². The van der Waals surface area contributed by atoms with Gasteiger partial charge in [0.05, 0.1) is 11.8 Å². The molecule has 1 saturated heterocycles. The minimum atomic E-state index is -3.44. The van der Waals surface area contributed by atoms with E-state index in [0.29, 0.717) is 13.0 Å². The minimum absolute atomic E-state index is 0.0562. The van der Waals surface area contributed by atoms with Crippen molar-refractivity contribution in [3.8, 4) is 0 Å². The smallest absolute Gasteiger partial charge is 0.239 e. The molecule has 1 fully saturated rings. The van der Waals surface area contributed by atoms with Crippen LogP contribution < -0.4 is 10.5 Å². The van der Waals surface area contributed by atoms with Gasteiger partial charge in [0.15, 0.2) is 0 Å². The Morgan fingerprint density at radius 1 is 1.53 bits per heavy atom. The molecule has 1 amide bonds. The van der Waals surface area contributed by atoms with E-state index in [-0.39, 0.29) is 23.7 Å². The fourth-order valence-electron chi connectivity index (χ4n) is 1.76. The molecule has 0 aromatic heterocycles. The first-order chi connectivity index (χ1) is 7.81. The Bertz CT molecular complexity index is 363. The van der Waals surface area contributed by atoms with Crippen molar-refractivity contribution in [2.45, 2.75) is 38.8 Å². The molecular formula is C10H21N3O3S. The summed E-state index contributed by atoms with van der Waals surface area (Å²) in [6.07, 6.45) is 1.24. The SMILES string of the molecule is CC(C)N(CCCS(N)(=O)=O)C(=O)C1CCN1. The number of primary sulfonamides is 1. The summed E-state index contributed by atoms with van der Waals surface area (Å²) in [5, 5.41) is 7.98. The lowest BCUT2D eigenvalue weighted by atomic mass is 10.1. The van der Waals surface area contributed by atoms with Crippen molar-refractivity contribution in [2.24, 2.45) is 5.14 Å². The third kappa shape index (κ3) is 4.61. The minimum Gasteiger partial charge on any atom is -0.339 e. The Morgan fingerprint density at radius 3 is 2.47 bits per heavy atom. The second kappa shape index (κ2) is 5.79. The topological polar surface area (TPSA) is 92.5 Å². The summed E-state index contributed by atoms with van der Waals surface area (Å²) in [4.78, 5) is 13.7. The first kappa shape index (κ1) is 14.4. The van der Waals surface area contributed by atoms with Gasteiger partial charge in [0.1, 0.15) is 0 Å². The summed E-state index contributed by atoms with van der Waals surface area (Å²) >= 11 is 0. The molecule has 1 aliphatic rings. The van der Waals surface area contributed by atoms with Crippen LogP contribution in [0.2, 0.25) is 0 Å². The molecule has 3 N–H and O–H groups in total. The molecule has 0 radical (unpaired) electrons. The number of hydrogen-bond donors (Lipinski definition) is 2. The molecule has 0 aromatic rings. The molecule has 100 valence electrons. The predicted molar refractivity (Wildman–Crippen MR) is 65.8 cm³/mol. The molecular weight excluding hydrogens is 242 g/mol. The van der Waals surface area contributed by atoms with Gasteiger partial charge in [-0.25, -0.2) is 13.6 Å². The molecule has 1 atom stereocenters. The average Bonchev–Trinajstić information content (AvgIpc) is 2.06. The zero-order valence-corrected chi connectivity index (χ0v) is 11.2. The predicted octanol–water partition coefficient (Wildman–Crippen LogP) is -0.736. The van der Waals surface area contributed by atoms with Gasteiger partial charge in [0.2, 0.25) is 15.9 Å². The summed E-state index contributed by atoms with van der Waals surface area (Å²) < 4.78 is 21.6. The van der Waals surface area contributed by atoms with Crippen LogP contribution in [0.3, 0.4) is 0 Å². The van der Waals surface area contributed by atoms with Crippen molar-refractivity contribution in [1.82, 2.24) is 10.2 Å². The van der Waals surface area contributed by atoms with Crippen LogP contribution in [0.25, 0.3) is 0 Å². The number of hydrogen-bond acceptors (Lipinski definition) is 4. The lowest BCUT2D eigenvalue weighted by Crippen LogP contribution is -2.56. The number of sulfonamides is 1. The average molecular weight is 263 g/mol. The van der Waals surface area contributed by atoms with Crippen LogP contribution in [0, 0.1) is 0 Å². The number of rotatable bonds is 6. The van der Waals surface area contributed by atoms with Crippen molar-refractivity contribution in [1.29, 1.82) is 0 Å². The summed E-state index contributed by atoms with van der Waals surface area (Å²) in [7, 11) is -3.44. The molecule has 0 spiro atoms. The third-order valence-corrected chi connectivity index (χ3v) is 3.71. The van der Waals surface area contributed by atoms with Gasteiger partial charge < -0.3 is 10.2 Å². The highest BCUT2D eigenvalue weighted by Gasteiger charge is 2.29. The molecule has 17 heavy (non-hydrogen) atoms. The Balaban J connectivity index is 2.45. The number of nitrogens with one attached hydrogen (secondary N) is 1. The van der Waals surface area contributed by atoms with E-state index < -0.39 is 10.0 Å². The molecule has 7 heteroatoms. The van der Waals surface area contributed by atoms with Gasteiger partial charge in [-0.15, -0.1) is 0 Å². The molecule has 0 aliphatic carbocycles. The molecule has 1 aliphatic heterocycles. The zero-order chi connectivity index (χ0) is 13.1. The zero-order valence-electron chi connectivity index (χ0n) is 10.3. The van der Waals surface area contributed by atoms with E-state index in [1.165, 1.54) is 0 Å². The third-order valence-electron chi connectivity index (χ3n) is 2.86. The van der Waals surface area contributed by atoms with Crippen LogP contribution in [-0.4, -0.2) is 50.2 Å². The van der Waals surface area contributed by atoms with Gasteiger partial charge in [0, 0.05) is 12.6 Å². The van der Waals surface area contributed by atoms with Crippen molar-refractivity contribution in [3.05, 3.63) is 0 Å². The molecule has 6 nitrogen and oxygen atoms in total. The Morgan fingerprint density at radius 2 is 2.12 bits per heavy atom. The van der Waals surface area contributed by atoms with Crippen LogP contribution in [0.4, 0.5) is 0 Å². The number of nitrogens with two attached hydrogens (primary N) is 1. The van der Waals surface area contributed by atoms with Gasteiger partial charge in [-0.3, -0.25) is 4.79 Å². The summed E-state index contributed by atoms with van der Waals surface area (Å²) in [5.74, 6) is -0.0256. The van der Waals surface area contributed by atoms with Crippen LogP contribution in [-0.2, 0) is 14.8 Å². The maximum absolute atomic E-state index is 12.0. The summed E-state index contributed by atoms with van der Waals surface area (Å²) in [6.45, 7) is 5.16. The lowest BCUT2D eigenvalue weighted by molar-refractivity contribution is -0.136. The summed E-state index contributed by atoms with van der Waals surface area (Å²) in [6, 6.07) is -0.0164. The highest BCUT2D eigenvalue weighted by molar-refractivity contribution is 7.89. The van der Waals surface area contributed by atoms with Gasteiger partial charge in [-0.1, -0.05) is 0 Å². The number of carbonyl (C=O) groups is 1. The second-order valence-electron chi connectivity index (χ2n) is 4.64. The fourth-order valence-corrected chi connectivity index (χ4v) is 2.29. The van der Waals surface area contributed by atoms with Crippen LogP contribution in [0.5, 0.6) is 0 Å². The van der Waals surface area contributed by atoms with Gasteiger partial charge in [-0.05, 0) is 33.2 Å². The van der Waals surface area contributed by atoms with E-state index in [1.54, 1.807) is 4.90 Å². The van der Waals surface area contributed by atoms with Gasteiger partial charge in [-0.2, -0.15) is 0 Å². The number of nitrogens with zero attached hydrogens (tertiary/aromatic N) is 1. The summed E-state index contributed by atoms with van der Waals surface area (Å²) in [5.41, 5.74) is 0. The highest BCUT2D eigenvalue weighted by Crippen LogP contribution is 2.10. The Labute approximate surface area is 103 Å². The first-order valence-electron chi connectivity index (χ1n) is 5.85. The molecule has 0 bridgehead atoms. The largest absolute Gasteiger partial charge is 0.339 e. The molecule has 1 heterocycles. The Kier molecular flexibility index (Phi) is 4.91. The first-order valence-corrected chi connectivity index (χ1v) is 7.57. The van der Waals surface area contributed by atoms with Crippen molar-refractivity contribution in [3.63, 3.8) is 0 Å². The quantitative estimate of drug-likeness (QED) is 0.660. The molecule has 1 rings (SSSR count). The normalized spacial score (nSPS) is 20.1. The highest BCUT2D eigenvalue weighted by atomic mass is 32.2. The van der Waals surface area contributed by atoms with Crippen LogP contribution in [0.15, 0.2) is 0 Å². The number of amides is 1.